The number of ketones is 1. The Labute approximate surface area is 120 Å². The molecule has 1 atom stereocenters. The lowest BCUT2D eigenvalue weighted by molar-refractivity contribution is 0.00131. The molecule has 0 bridgehead atoms. The third kappa shape index (κ3) is 4.32. The number of hydrogen-bond acceptors (Lipinski definition) is 4. The maximum atomic E-state index is 12.2. The van der Waals surface area contributed by atoms with Crippen molar-refractivity contribution in [3.63, 3.8) is 0 Å². The Morgan fingerprint density at radius 2 is 2.15 bits per heavy atom. The minimum absolute atomic E-state index is 0.0983. The Hall–Kier alpha value is -1.39. The summed E-state index contributed by atoms with van der Waals surface area (Å²) in [7, 11) is 0. The lowest BCUT2D eigenvalue weighted by atomic mass is 10.1. The predicted octanol–water partition coefficient (Wildman–Crippen LogP) is 2.47. The highest BCUT2D eigenvalue weighted by Crippen LogP contribution is 2.15. The molecule has 1 aliphatic rings. The summed E-state index contributed by atoms with van der Waals surface area (Å²) in [6, 6.07) is 6.45. The van der Waals surface area contributed by atoms with Crippen LogP contribution in [0.1, 0.15) is 36.5 Å². The van der Waals surface area contributed by atoms with E-state index in [2.05, 4.69) is 11.8 Å². The van der Waals surface area contributed by atoms with E-state index in [1.165, 1.54) is 0 Å². The zero-order valence-electron chi connectivity index (χ0n) is 12.0. The lowest BCUT2D eigenvalue weighted by Gasteiger charge is -2.32. The van der Waals surface area contributed by atoms with Crippen LogP contribution in [0.2, 0.25) is 0 Å². The topological polar surface area (TPSA) is 49.8 Å². The zero-order chi connectivity index (χ0) is 14.4. The van der Waals surface area contributed by atoms with Crippen LogP contribution in [0.4, 0.5) is 0 Å². The molecule has 0 aromatic heterocycles. The monoisotopic (exact) mass is 277 g/mol. The van der Waals surface area contributed by atoms with Gasteiger partial charge in [-0.25, -0.2) is 0 Å². The second kappa shape index (κ2) is 7.41. The van der Waals surface area contributed by atoms with Crippen LogP contribution in [0.25, 0.3) is 0 Å². The van der Waals surface area contributed by atoms with Gasteiger partial charge in [-0.15, -0.1) is 0 Å². The predicted molar refractivity (Wildman–Crippen MR) is 78.1 cm³/mol. The Morgan fingerprint density at radius 3 is 2.85 bits per heavy atom. The van der Waals surface area contributed by atoms with E-state index in [1.807, 2.05) is 0 Å². The van der Waals surface area contributed by atoms with Crippen molar-refractivity contribution in [2.75, 3.05) is 26.2 Å². The van der Waals surface area contributed by atoms with Crippen molar-refractivity contribution >= 4 is 5.78 Å². The third-order valence-corrected chi connectivity index (χ3v) is 3.58. The summed E-state index contributed by atoms with van der Waals surface area (Å²) in [5, 5.41) is 9.24. The van der Waals surface area contributed by atoms with E-state index in [0.717, 1.165) is 39.0 Å². The van der Waals surface area contributed by atoms with Crippen molar-refractivity contribution in [2.24, 2.45) is 0 Å². The number of Topliss-reactive ketones (excluding diaryl/α,β-unsaturated/α-hetero) is 1. The Morgan fingerprint density at radius 1 is 1.40 bits per heavy atom. The van der Waals surface area contributed by atoms with Gasteiger partial charge in [0, 0.05) is 18.7 Å². The molecule has 1 heterocycles. The Bertz CT molecular complexity index is 430. The first kappa shape index (κ1) is 15.0. The van der Waals surface area contributed by atoms with Crippen molar-refractivity contribution < 1.29 is 14.6 Å². The number of carbonyl (C=O) groups is 1. The van der Waals surface area contributed by atoms with Crippen molar-refractivity contribution in [2.45, 2.75) is 32.3 Å². The highest BCUT2D eigenvalue weighted by atomic mass is 16.5. The second-order valence-electron chi connectivity index (χ2n) is 5.34. The summed E-state index contributed by atoms with van der Waals surface area (Å²) in [5.41, 5.74) is 0.652. The third-order valence-electron chi connectivity index (χ3n) is 3.58. The SMILES string of the molecule is CCCOC1CCCN(CC(=O)c2ccc(O)cc2)C1. The highest BCUT2D eigenvalue weighted by molar-refractivity contribution is 5.97. The molecule has 1 fully saturated rings. The number of aromatic hydroxyl groups is 1. The molecule has 4 nitrogen and oxygen atoms in total. The van der Waals surface area contributed by atoms with Gasteiger partial charge in [0.15, 0.2) is 5.78 Å². The number of nitrogens with zero attached hydrogens (tertiary/aromatic N) is 1. The fourth-order valence-corrected chi connectivity index (χ4v) is 2.52. The minimum Gasteiger partial charge on any atom is -0.508 e. The van der Waals surface area contributed by atoms with Crippen LogP contribution in [-0.4, -0.2) is 48.1 Å². The quantitative estimate of drug-likeness (QED) is 0.812. The van der Waals surface area contributed by atoms with Crippen LogP contribution >= 0.6 is 0 Å². The minimum atomic E-state index is 0.0983. The van der Waals surface area contributed by atoms with Crippen molar-refractivity contribution in [3.05, 3.63) is 29.8 Å². The van der Waals surface area contributed by atoms with Gasteiger partial charge in [-0.1, -0.05) is 6.92 Å². The number of phenols is 1. The molecule has 1 unspecified atom stereocenters. The molecule has 20 heavy (non-hydrogen) atoms. The summed E-state index contributed by atoms with van der Waals surface area (Å²) in [4.78, 5) is 14.3. The smallest absolute Gasteiger partial charge is 0.176 e. The van der Waals surface area contributed by atoms with E-state index in [9.17, 15) is 9.90 Å². The van der Waals surface area contributed by atoms with Crippen molar-refractivity contribution in [3.8, 4) is 5.75 Å². The summed E-state index contributed by atoms with van der Waals surface area (Å²) in [5.74, 6) is 0.286. The number of rotatable bonds is 6. The van der Waals surface area contributed by atoms with E-state index in [0.29, 0.717) is 12.1 Å². The van der Waals surface area contributed by atoms with E-state index in [1.54, 1.807) is 24.3 Å². The molecule has 0 spiro atoms. The molecular weight excluding hydrogens is 254 g/mol. The number of carbonyl (C=O) groups excluding carboxylic acids is 1. The van der Waals surface area contributed by atoms with Gasteiger partial charge >= 0.3 is 0 Å². The molecular formula is C16H23NO3. The number of ether oxygens (including phenoxy) is 1. The molecule has 4 heteroatoms. The maximum Gasteiger partial charge on any atom is 0.176 e. The molecule has 1 aromatic rings. The van der Waals surface area contributed by atoms with Gasteiger partial charge in [0.2, 0.25) is 0 Å². The molecule has 1 saturated heterocycles. The van der Waals surface area contributed by atoms with Gasteiger partial charge in [-0.3, -0.25) is 9.69 Å². The number of phenolic OH excluding ortho intramolecular Hbond substituents is 1. The molecule has 0 amide bonds. The van der Waals surface area contributed by atoms with Crippen LogP contribution < -0.4 is 0 Å². The first-order valence-corrected chi connectivity index (χ1v) is 7.35. The van der Waals surface area contributed by atoms with Gasteiger partial charge in [-0.2, -0.15) is 0 Å². The summed E-state index contributed by atoms with van der Waals surface area (Å²) >= 11 is 0. The number of piperidine rings is 1. The van der Waals surface area contributed by atoms with Gasteiger partial charge in [0.1, 0.15) is 5.75 Å². The van der Waals surface area contributed by atoms with Crippen LogP contribution in [0.15, 0.2) is 24.3 Å². The van der Waals surface area contributed by atoms with Gasteiger partial charge in [0.05, 0.1) is 12.6 Å². The average molecular weight is 277 g/mol. The van der Waals surface area contributed by atoms with Crippen LogP contribution in [0, 0.1) is 0 Å². The molecule has 0 saturated carbocycles. The lowest BCUT2D eigenvalue weighted by Crippen LogP contribution is -2.42. The van der Waals surface area contributed by atoms with Gasteiger partial charge < -0.3 is 9.84 Å². The molecule has 110 valence electrons. The fourth-order valence-electron chi connectivity index (χ4n) is 2.52. The van der Waals surface area contributed by atoms with Crippen LogP contribution in [0.5, 0.6) is 5.75 Å². The molecule has 0 radical (unpaired) electrons. The normalized spacial score (nSPS) is 19.9. The molecule has 1 N–H and O–H groups in total. The Balaban J connectivity index is 1.85. The maximum absolute atomic E-state index is 12.2. The number of benzene rings is 1. The van der Waals surface area contributed by atoms with E-state index < -0.39 is 0 Å². The molecule has 1 aromatic carbocycles. The molecule has 1 aliphatic heterocycles. The standard InChI is InChI=1S/C16H23NO3/c1-2-10-20-15-4-3-9-17(11-15)12-16(19)13-5-7-14(18)8-6-13/h5-8,15,18H,2-4,9-12H2,1H3. The van der Waals surface area contributed by atoms with Crippen LogP contribution in [-0.2, 0) is 4.74 Å². The van der Waals surface area contributed by atoms with Crippen molar-refractivity contribution in [1.29, 1.82) is 0 Å². The first-order valence-electron chi connectivity index (χ1n) is 7.35. The van der Waals surface area contributed by atoms with Crippen molar-refractivity contribution in [1.82, 2.24) is 4.90 Å². The molecule has 0 aliphatic carbocycles. The van der Waals surface area contributed by atoms with E-state index in [4.69, 9.17) is 4.74 Å². The van der Waals surface area contributed by atoms with Crippen LogP contribution in [0.3, 0.4) is 0 Å². The summed E-state index contributed by atoms with van der Waals surface area (Å²) in [6.07, 6.45) is 3.46. The summed E-state index contributed by atoms with van der Waals surface area (Å²) < 4.78 is 5.78. The second-order valence-corrected chi connectivity index (χ2v) is 5.34. The van der Waals surface area contributed by atoms with Gasteiger partial charge in [-0.05, 0) is 50.1 Å². The molecule has 2 rings (SSSR count). The Kier molecular flexibility index (Phi) is 5.56. The average Bonchev–Trinajstić information content (AvgIpc) is 2.46. The van der Waals surface area contributed by atoms with E-state index in [-0.39, 0.29) is 17.6 Å². The fraction of sp³-hybridized carbons (Fsp3) is 0.562. The first-order chi connectivity index (χ1) is 9.69. The number of likely N-dealkylation sites (tertiary alicyclic amines) is 1. The highest BCUT2D eigenvalue weighted by Gasteiger charge is 2.22. The zero-order valence-corrected chi connectivity index (χ0v) is 12.0. The van der Waals surface area contributed by atoms with E-state index >= 15 is 0 Å². The number of hydrogen-bond donors (Lipinski definition) is 1. The summed E-state index contributed by atoms with van der Waals surface area (Å²) in [6.45, 7) is 5.12. The van der Waals surface area contributed by atoms with Gasteiger partial charge in [0.25, 0.3) is 0 Å². The largest absolute Gasteiger partial charge is 0.508 e.